The van der Waals surface area contributed by atoms with E-state index in [1.54, 1.807) is 0 Å². The number of allylic oxidation sites excluding steroid dienone is 7. The smallest absolute Gasteiger partial charge is 0.0567 e. The molecule has 0 aliphatic rings. The Labute approximate surface area is 292 Å². The zero-order valence-electron chi connectivity index (χ0n) is 31.2. The molecule has 0 atom stereocenters. The standard InChI is InChI=1S/C47H57N/c1-12-21-39(46(6,7)8)24-20-31-48(41-25-18-15-19-26-41)44-36(27-28-38(13-2)45(3,4)5)33-37(32-35-22-16-14-17-23-35)42-30-29-40(34-43(42)44)47(9,10)11/h12-30,33-34H,1,31-32H2,2-11H3/b24-20-,28-27-,38-13+,39-21+. The Balaban J connectivity index is 2.08. The second-order valence-corrected chi connectivity index (χ2v) is 15.9. The van der Waals surface area contributed by atoms with Gasteiger partial charge in [-0.3, -0.25) is 0 Å². The normalized spacial score (nSPS) is 13.5. The van der Waals surface area contributed by atoms with Crippen LogP contribution < -0.4 is 4.90 Å². The molecule has 0 N–H and O–H groups in total. The molecule has 0 spiro atoms. The van der Waals surface area contributed by atoms with Crippen molar-refractivity contribution in [3.8, 4) is 0 Å². The Bertz CT molecular complexity index is 1810. The van der Waals surface area contributed by atoms with E-state index in [-0.39, 0.29) is 16.2 Å². The van der Waals surface area contributed by atoms with Crippen molar-refractivity contribution in [3.05, 3.63) is 161 Å². The summed E-state index contributed by atoms with van der Waals surface area (Å²) in [5.74, 6) is 0. The number of hydrogen-bond acceptors (Lipinski definition) is 1. The van der Waals surface area contributed by atoms with Gasteiger partial charge in [0.2, 0.25) is 0 Å². The van der Waals surface area contributed by atoms with Crippen LogP contribution in [-0.4, -0.2) is 6.54 Å². The molecule has 4 rings (SSSR count). The minimum absolute atomic E-state index is 0.00974. The highest BCUT2D eigenvalue weighted by molar-refractivity contribution is 6.03. The lowest BCUT2D eigenvalue weighted by Gasteiger charge is -2.30. The average molecular weight is 636 g/mol. The number of para-hydroxylation sites is 1. The summed E-state index contributed by atoms with van der Waals surface area (Å²) in [5.41, 5.74) is 10.2. The van der Waals surface area contributed by atoms with Crippen LogP contribution in [0, 0.1) is 10.8 Å². The van der Waals surface area contributed by atoms with Gasteiger partial charge in [0.15, 0.2) is 0 Å². The highest BCUT2D eigenvalue weighted by atomic mass is 15.1. The van der Waals surface area contributed by atoms with Gasteiger partial charge in [0.05, 0.1) is 5.69 Å². The van der Waals surface area contributed by atoms with Crippen molar-refractivity contribution in [2.75, 3.05) is 11.4 Å². The summed E-state index contributed by atoms with van der Waals surface area (Å²) in [6.45, 7) is 27.4. The summed E-state index contributed by atoms with van der Waals surface area (Å²) >= 11 is 0. The molecule has 4 aromatic rings. The van der Waals surface area contributed by atoms with Gasteiger partial charge in [-0.15, -0.1) is 0 Å². The predicted molar refractivity (Wildman–Crippen MR) is 214 cm³/mol. The number of benzene rings is 4. The van der Waals surface area contributed by atoms with Crippen molar-refractivity contribution in [1.82, 2.24) is 0 Å². The highest BCUT2D eigenvalue weighted by Gasteiger charge is 2.22. The van der Waals surface area contributed by atoms with Crippen LogP contribution in [0.4, 0.5) is 11.4 Å². The van der Waals surface area contributed by atoms with E-state index in [4.69, 9.17) is 0 Å². The van der Waals surface area contributed by atoms with Crippen molar-refractivity contribution in [2.24, 2.45) is 10.8 Å². The SMILES string of the molecule is C=C/C=C(\C=C/CN(c1ccccc1)c1c(/C=C\C(=C/C)C(C)(C)C)cc(Cc2ccccc2)c2ccc(C(C)(C)C)cc12)C(C)(C)C. The second-order valence-electron chi connectivity index (χ2n) is 15.9. The lowest BCUT2D eigenvalue weighted by atomic mass is 9.83. The van der Waals surface area contributed by atoms with Gasteiger partial charge in [0.1, 0.15) is 0 Å². The van der Waals surface area contributed by atoms with E-state index in [2.05, 4.69) is 202 Å². The largest absolute Gasteiger partial charge is 0.337 e. The molecular weight excluding hydrogens is 579 g/mol. The maximum Gasteiger partial charge on any atom is 0.0567 e. The Morgan fingerprint density at radius 3 is 1.90 bits per heavy atom. The molecule has 0 aliphatic heterocycles. The first-order valence-electron chi connectivity index (χ1n) is 17.4. The Morgan fingerprint density at radius 2 is 1.33 bits per heavy atom. The van der Waals surface area contributed by atoms with E-state index in [0.717, 1.165) is 13.0 Å². The van der Waals surface area contributed by atoms with E-state index in [9.17, 15) is 0 Å². The fourth-order valence-electron chi connectivity index (χ4n) is 6.23. The molecule has 0 unspecified atom stereocenters. The molecule has 4 aromatic carbocycles. The maximum absolute atomic E-state index is 3.99. The fourth-order valence-corrected chi connectivity index (χ4v) is 6.23. The van der Waals surface area contributed by atoms with Gasteiger partial charge in [-0.1, -0.05) is 172 Å². The first-order valence-corrected chi connectivity index (χ1v) is 17.4. The van der Waals surface area contributed by atoms with Crippen LogP contribution in [0.3, 0.4) is 0 Å². The topological polar surface area (TPSA) is 3.24 Å². The van der Waals surface area contributed by atoms with E-state index in [0.29, 0.717) is 0 Å². The van der Waals surface area contributed by atoms with Crippen molar-refractivity contribution in [2.45, 2.75) is 81.1 Å². The third-order valence-electron chi connectivity index (χ3n) is 9.03. The van der Waals surface area contributed by atoms with E-state index >= 15 is 0 Å². The van der Waals surface area contributed by atoms with Gasteiger partial charge in [-0.25, -0.2) is 0 Å². The van der Waals surface area contributed by atoms with Crippen molar-refractivity contribution < 1.29 is 0 Å². The molecule has 0 amide bonds. The Morgan fingerprint density at radius 1 is 0.708 bits per heavy atom. The minimum atomic E-state index is 0.00974. The predicted octanol–water partition coefficient (Wildman–Crippen LogP) is 13.6. The Kier molecular flexibility index (Phi) is 11.6. The molecule has 250 valence electrons. The summed E-state index contributed by atoms with van der Waals surface area (Å²) in [4.78, 5) is 2.50. The summed E-state index contributed by atoms with van der Waals surface area (Å²) in [6, 6.07) is 31.3. The lowest BCUT2D eigenvalue weighted by molar-refractivity contribution is 0.516. The first kappa shape index (κ1) is 36.5. The molecule has 1 nitrogen and oxygen atoms in total. The summed E-state index contributed by atoms with van der Waals surface area (Å²) in [5, 5.41) is 2.58. The summed E-state index contributed by atoms with van der Waals surface area (Å²) in [7, 11) is 0. The molecule has 0 bridgehead atoms. The zero-order chi connectivity index (χ0) is 35.1. The van der Waals surface area contributed by atoms with Crippen molar-refractivity contribution in [3.63, 3.8) is 0 Å². The molecule has 0 aromatic heterocycles. The van der Waals surface area contributed by atoms with Crippen molar-refractivity contribution >= 4 is 28.2 Å². The van der Waals surface area contributed by atoms with E-state index in [1.165, 1.54) is 55.5 Å². The van der Waals surface area contributed by atoms with Crippen LogP contribution in [0.1, 0.15) is 91.5 Å². The number of nitrogens with zero attached hydrogens (tertiary/aromatic N) is 1. The molecule has 0 aliphatic carbocycles. The zero-order valence-corrected chi connectivity index (χ0v) is 31.2. The molecule has 1 heteroatoms. The third-order valence-corrected chi connectivity index (χ3v) is 9.03. The first-order chi connectivity index (χ1) is 22.6. The maximum atomic E-state index is 3.99. The number of rotatable bonds is 10. The fraction of sp³-hybridized carbons (Fsp3) is 0.319. The monoisotopic (exact) mass is 635 g/mol. The third kappa shape index (κ3) is 9.16. The Hall–Kier alpha value is -4.36. The van der Waals surface area contributed by atoms with Gasteiger partial charge < -0.3 is 4.90 Å². The van der Waals surface area contributed by atoms with Gasteiger partial charge in [-0.05, 0) is 92.6 Å². The number of fused-ring (bicyclic) bond motifs is 1. The van der Waals surface area contributed by atoms with Crippen LogP contribution in [0.5, 0.6) is 0 Å². The minimum Gasteiger partial charge on any atom is -0.337 e. The van der Waals surface area contributed by atoms with Gasteiger partial charge in [0.25, 0.3) is 0 Å². The van der Waals surface area contributed by atoms with Crippen LogP contribution >= 0.6 is 0 Å². The molecule has 48 heavy (non-hydrogen) atoms. The van der Waals surface area contributed by atoms with E-state index in [1.807, 2.05) is 6.08 Å². The second kappa shape index (κ2) is 15.2. The van der Waals surface area contributed by atoms with Crippen LogP contribution in [-0.2, 0) is 11.8 Å². The molecule has 0 saturated carbocycles. The van der Waals surface area contributed by atoms with Crippen molar-refractivity contribution in [1.29, 1.82) is 0 Å². The summed E-state index contributed by atoms with van der Waals surface area (Å²) in [6.07, 6.45) is 16.4. The lowest BCUT2D eigenvalue weighted by Crippen LogP contribution is -2.19. The van der Waals surface area contributed by atoms with Gasteiger partial charge in [0, 0.05) is 17.6 Å². The summed E-state index contributed by atoms with van der Waals surface area (Å²) < 4.78 is 0. The van der Waals surface area contributed by atoms with E-state index < -0.39 is 0 Å². The molecule has 0 radical (unpaired) electrons. The molecular formula is C47H57N. The highest BCUT2D eigenvalue weighted by Crippen LogP contribution is 2.41. The van der Waals surface area contributed by atoms with Gasteiger partial charge >= 0.3 is 0 Å². The number of anilines is 2. The van der Waals surface area contributed by atoms with Crippen LogP contribution in [0.2, 0.25) is 0 Å². The molecule has 0 saturated heterocycles. The van der Waals surface area contributed by atoms with Gasteiger partial charge in [-0.2, -0.15) is 0 Å². The number of hydrogen-bond donors (Lipinski definition) is 0. The van der Waals surface area contributed by atoms with Crippen LogP contribution in [0.15, 0.2) is 139 Å². The quantitative estimate of drug-likeness (QED) is 0.157. The van der Waals surface area contributed by atoms with Crippen LogP contribution in [0.25, 0.3) is 16.8 Å². The average Bonchev–Trinajstić information content (AvgIpc) is 3.02. The molecule has 0 heterocycles. The molecule has 0 fully saturated rings.